The predicted molar refractivity (Wildman–Crippen MR) is 101 cm³/mol. The molecule has 0 saturated carbocycles. The van der Waals surface area contributed by atoms with Crippen molar-refractivity contribution in [3.05, 3.63) is 71.1 Å². The van der Waals surface area contributed by atoms with Crippen molar-refractivity contribution in [2.24, 2.45) is 0 Å². The molecule has 0 aliphatic rings. The lowest BCUT2D eigenvalue weighted by atomic mass is 10.2. The van der Waals surface area contributed by atoms with Gasteiger partial charge in [0.15, 0.2) is 0 Å². The number of rotatable bonds is 7. The molecular formula is C20H21NO3S. The van der Waals surface area contributed by atoms with E-state index in [1.807, 2.05) is 61.5 Å². The van der Waals surface area contributed by atoms with E-state index < -0.39 is 0 Å². The number of carbonyl (C=O) groups is 2. The number of nitrogens with one attached hydrogen (secondary N) is 1. The molecule has 0 aliphatic carbocycles. The van der Waals surface area contributed by atoms with Crippen LogP contribution in [0.1, 0.15) is 18.9 Å². The van der Waals surface area contributed by atoms with Crippen LogP contribution < -0.4 is 5.32 Å². The van der Waals surface area contributed by atoms with E-state index in [1.54, 1.807) is 13.0 Å². The molecule has 25 heavy (non-hydrogen) atoms. The average molecular weight is 355 g/mol. The summed E-state index contributed by atoms with van der Waals surface area (Å²) in [4.78, 5) is 25.6. The highest BCUT2D eigenvalue weighted by molar-refractivity contribution is 8.04. The highest BCUT2D eigenvalue weighted by Crippen LogP contribution is 2.28. The summed E-state index contributed by atoms with van der Waals surface area (Å²) < 4.78 is 4.93. The van der Waals surface area contributed by atoms with Crippen molar-refractivity contribution < 1.29 is 14.3 Å². The Bertz CT molecular complexity index is 739. The number of aryl methyl sites for hydroxylation is 1. The zero-order chi connectivity index (χ0) is 18.1. The van der Waals surface area contributed by atoms with E-state index in [1.165, 1.54) is 11.8 Å². The zero-order valence-corrected chi connectivity index (χ0v) is 15.1. The monoisotopic (exact) mass is 355 g/mol. The van der Waals surface area contributed by atoms with Crippen LogP contribution in [-0.2, 0) is 14.3 Å². The number of amides is 1. The summed E-state index contributed by atoms with van der Waals surface area (Å²) in [6.07, 6.45) is 1.67. The van der Waals surface area contributed by atoms with E-state index in [2.05, 4.69) is 5.32 Å². The lowest BCUT2D eigenvalue weighted by Crippen LogP contribution is -2.13. The number of ether oxygens (including phenoxy) is 1. The highest BCUT2D eigenvalue weighted by atomic mass is 32.2. The lowest BCUT2D eigenvalue weighted by Gasteiger charge is -2.09. The quantitative estimate of drug-likeness (QED) is 0.449. The molecule has 0 spiro atoms. The van der Waals surface area contributed by atoms with Gasteiger partial charge in [0.2, 0.25) is 0 Å². The van der Waals surface area contributed by atoms with Gasteiger partial charge in [0.25, 0.3) is 5.91 Å². The number of benzene rings is 2. The van der Waals surface area contributed by atoms with Crippen molar-refractivity contribution in [3.8, 4) is 0 Å². The minimum absolute atomic E-state index is 0.0598. The van der Waals surface area contributed by atoms with Crippen LogP contribution in [-0.4, -0.2) is 18.5 Å². The van der Waals surface area contributed by atoms with Gasteiger partial charge < -0.3 is 10.1 Å². The van der Waals surface area contributed by atoms with E-state index in [0.29, 0.717) is 17.2 Å². The number of anilines is 1. The summed E-state index contributed by atoms with van der Waals surface area (Å²) >= 11 is 1.32. The van der Waals surface area contributed by atoms with E-state index in [9.17, 15) is 9.59 Å². The minimum Gasteiger partial charge on any atom is -0.466 e. The first-order chi connectivity index (χ1) is 12.1. The van der Waals surface area contributed by atoms with Gasteiger partial charge >= 0.3 is 5.97 Å². The second-order valence-electron chi connectivity index (χ2n) is 5.31. The van der Waals surface area contributed by atoms with Crippen LogP contribution in [0.2, 0.25) is 0 Å². The smallest absolute Gasteiger partial charge is 0.309 e. The van der Waals surface area contributed by atoms with Crippen molar-refractivity contribution in [2.75, 3.05) is 11.9 Å². The molecule has 4 nitrogen and oxygen atoms in total. The van der Waals surface area contributed by atoms with Crippen molar-refractivity contribution in [3.63, 3.8) is 0 Å². The second kappa shape index (κ2) is 9.69. The largest absolute Gasteiger partial charge is 0.466 e. The lowest BCUT2D eigenvalue weighted by molar-refractivity contribution is -0.142. The average Bonchev–Trinajstić information content (AvgIpc) is 2.61. The molecule has 2 aromatic rings. The van der Waals surface area contributed by atoms with E-state index in [0.717, 1.165) is 10.5 Å². The maximum atomic E-state index is 12.6. The van der Waals surface area contributed by atoms with Crippen LogP contribution in [0, 0.1) is 6.92 Å². The molecule has 0 aliphatic heterocycles. The number of esters is 1. The molecule has 130 valence electrons. The zero-order valence-electron chi connectivity index (χ0n) is 14.3. The number of hydrogen-bond donors (Lipinski definition) is 1. The van der Waals surface area contributed by atoms with Gasteiger partial charge in [-0.2, -0.15) is 0 Å². The third kappa shape index (κ3) is 6.47. The number of carbonyl (C=O) groups excluding carboxylic acids is 2. The maximum absolute atomic E-state index is 12.6. The van der Waals surface area contributed by atoms with Crippen LogP contribution in [0.15, 0.2) is 70.5 Å². The molecule has 0 heterocycles. The Labute approximate surface area is 152 Å². The summed E-state index contributed by atoms with van der Waals surface area (Å²) in [7, 11) is 0. The van der Waals surface area contributed by atoms with E-state index >= 15 is 0 Å². The summed E-state index contributed by atoms with van der Waals surface area (Å²) in [5, 5.41) is 2.87. The van der Waals surface area contributed by atoms with Crippen LogP contribution in [0.4, 0.5) is 5.69 Å². The van der Waals surface area contributed by atoms with Crippen molar-refractivity contribution >= 4 is 29.3 Å². The van der Waals surface area contributed by atoms with E-state index in [-0.39, 0.29) is 18.3 Å². The third-order valence-corrected chi connectivity index (χ3v) is 4.34. The first kappa shape index (κ1) is 18.8. The number of thioether (sulfide) groups is 1. The molecule has 2 rings (SSSR count). The molecule has 1 N–H and O–H groups in total. The summed E-state index contributed by atoms with van der Waals surface area (Å²) in [6, 6.07) is 17.1. The molecular weight excluding hydrogens is 334 g/mol. The molecule has 0 fully saturated rings. The molecule has 0 aromatic heterocycles. The van der Waals surface area contributed by atoms with Crippen molar-refractivity contribution in [1.29, 1.82) is 0 Å². The molecule has 0 radical (unpaired) electrons. The summed E-state index contributed by atoms with van der Waals surface area (Å²) in [5.41, 5.74) is 1.83. The fraction of sp³-hybridized carbons (Fsp3) is 0.200. The van der Waals surface area contributed by atoms with Crippen molar-refractivity contribution in [2.45, 2.75) is 25.2 Å². The summed E-state index contributed by atoms with van der Waals surface area (Å²) in [6.45, 7) is 4.07. The fourth-order valence-electron chi connectivity index (χ4n) is 2.02. The predicted octanol–water partition coefficient (Wildman–Crippen LogP) is 4.56. The van der Waals surface area contributed by atoms with Crippen LogP contribution in [0.3, 0.4) is 0 Å². The normalized spacial score (nSPS) is 11.0. The van der Waals surface area contributed by atoms with Crippen LogP contribution >= 0.6 is 11.8 Å². The van der Waals surface area contributed by atoms with Gasteiger partial charge in [-0.3, -0.25) is 9.59 Å². The van der Waals surface area contributed by atoms with Gasteiger partial charge in [0.1, 0.15) is 0 Å². The second-order valence-corrected chi connectivity index (χ2v) is 6.43. The molecule has 0 saturated heterocycles. The Balaban J connectivity index is 2.14. The standard InChI is InChI=1S/C20H21NO3S/c1-3-24-19(22)14-13-18(25-17-7-5-4-6-8-17)20(23)21-16-11-9-15(2)10-12-16/h4-13H,3,14H2,1-2H3,(H,21,23)/b18-13-. The molecule has 2 aromatic carbocycles. The first-order valence-electron chi connectivity index (χ1n) is 8.05. The molecule has 0 atom stereocenters. The molecule has 1 amide bonds. The van der Waals surface area contributed by atoms with Crippen LogP contribution in [0.5, 0.6) is 0 Å². The maximum Gasteiger partial charge on any atom is 0.309 e. The Morgan fingerprint density at radius 3 is 2.40 bits per heavy atom. The van der Waals surface area contributed by atoms with Gasteiger partial charge in [-0.15, -0.1) is 0 Å². The SMILES string of the molecule is CCOC(=O)C/C=C(\Sc1ccccc1)C(=O)Nc1ccc(C)cc1. The van der Waals surface area contributed by atoms with Crippen molar-refractivity contribution in [1.82, 2.24) is 0 Å². The molecule has 0 bridgehead atoms. The first-order valence-corrected chi connectivity index (χ1v) is 8.87. The van der Waals surface area contributed by atoms with Gasteiger partial charge in [0, 0.05) is 10.6 Å². The Morgan fingerprint density at radius 1 is 1.08 bits per heavy atom. The molecule has 0 unspecified atom stereocenters. The fourth-order valence-corrected chi connectivity index (χ4v) is 2.88. The molecule has 5 heteroatoms. The topological polar surface area (TPSA) is 55.4 Å². The van der Waals surface area contributed by atoms with Crippen LogP contribution in [0.25, 0.3) is 0 Å². The third-order valence-electron chi connectivity index (χ3n) is 3.26. The van der Waals surface area contributed by atoms with Gasteiger partial charge in [-0.1, -0.05) is 53.7 Å². The van der Waals surface area contributed by atoms with Gasteiger partial charge in [-0.25, -0.2) is 0 Å². The number of hydrogen-bond acceptors (Lipinski definition) is 4. The van der Waals surface area contributed by atoms with Gasteiger partial charge in [0.05, 0.1) is 17.9 Å². The van der Waals surface area contributed by atoms with E-state index in [4.69, 9.17) is 4.74 Å². The Morgan fingerprint density at radius 2 is 1.76 bits per heavy atom. The minimum atomic E-state index is -0.350. The van der Waals surface area contributed by atoms with Gasteiger partial charge in [-0.05, 0) is 38.1 Å². The highest BCUT2D eigenvalue weighted by Gasteiger charge is 2.13. The Hall–Kier alpha value is -2.53. The Kier molecular flexibility index (Phi) is 7.29. The summed E-state index contributed by atoms with van der Waals surface area (Å²) in [5.74, 6) is -0.598.